The molecule has 3 nitrogen and oxygen atoms in total. The van der Waals surface area contributed by atoms with Crippen LogP contribution in [0.1, 0.15) is 0 Å². The van der Waals surface area contributed by atoms with E-state index >= 15 is 0 Å². The third-order valence-corrected chi connectivity index (χ3v) is 3.60. The second kappa shape index (κ2) is 7.11. The summed E-state index contributed by atoms with van der Waals surface area (Å²) >= 11 is 14.8. The van der Waals surface area contributed by atoms with Gasteiger partial charge in [-0.2, -0.15) is 0 Å². The zero-order chi connectivity index (χ0) is 15.4. The molecule has 0 saturated heterocycles. The highest BCUT2D eigenvalue weighted by Gasteiger charge is 2.12. The lowest BCUT2D eigenvalue weighted by Gasteiger charge is -2.10. The molecule has 0 aliphatic heterocycles. The minimum absolute atomic E-state index is 0.0954. The molecule has 0 aliphatic carbocycles. The van der Waals surface area contributed by atoms with Crippen LogP contribution in [0.2, 0.25) is 10.0 Å². The third kappa shape index (κ3) is 4.59. The van der Waals surface area contributed by atoms with Crippen LogP contribution in [0.25, 0.3) is 0 Å². The van der Waals surface area contributed by atoms with Crippen molar-refractivity contribution < 1.29 is 13.9 Å². The number of carbonyl (C=O) groups excluding carboxylic acids is 1. The smallest absolute Gasteiger partial charge is 0.262 e. The maximum absolute atomic E-state index is 13.1. The van der Waals surface area contributed by atoms with Gasteiger partial charge >= 0.3 is 0 Å². The van der Waals surface area contributed by atoms with Gasteiger partial charge in [-0.15, -0.1) is 0 Å². The molecule has 110 valence electrons. The Balaban J connectivity index is 1.99. The molecule has 1 N–H and O–H groups in total. The maximum Gasteiger partial charge on any atom is 0.262 e. The number of nitrogens with one attached hydrogen (secondary N) is 1. The Morgan fingerprint density at radius 1 is 1.29 bits per heavy atom. The largest absolute Gasteiger partial charge is 0.484 e. The summed E-state index contributed by atoms with van der Waals surface area (Å²) in [6, 6.07) is 9.00. The minimum atomic E-state index is -0.500. The Bertz CT molecular complexity index is 659. The molecule has 0 atom stereocenters. The van der Waals surface area contributed by atoms with E-state index in [9.17, 15) is 9.18 Å². The molecule has 0 unspecified atom stereocenters. The first-order valence-electron chi connectivity index (χ1n) is 5.78. The van der Waals surface area contributed by atoms with Crippen molar-refractivity contribution in [3.8, 4) is 5.75 Å². The van der Waals surface area contributed by atoms with Gasteiger partial charge in [0.05, 0.1) is 10.7 Å². The fourth-order valence-corrected chi connectivity index (χ4v) is 2.62. The topological polar surface area (TPSA) is 38.3 Å². The fourth-order valence-electron chi connectivity index (χ4n) is 1.54. The van der Waals surface area contributed by atoms with Gasteiger partial charge < -0.3 is 10.1 Å². The van der Waals surface area contributed by atoms with E-state index < -0.39 is 11.7 Å². The van der Waals surface area contributed by atoms with Crippen LogP contribution >= 0.6 is 39.1 Å². The maximum atomic E-state index is 13.1. The first kappa shape index (κ1) is 16.1. The molecule has 0 aromatic heterocycles. The number of hydrogen-bond donors (Lipinski definition) is 1. The van der Waals surface area contributed by atoms with Crippen LogP contribution in [0.4, 0.5) is 10.1 Å². The van der Waals surface area contributed by atoms with Crippen molar-refractivity contribution in [2.75, 3.05) is 11.9 Å². The average molecular weight is 393 g/mol. The zero-order valence-electron chi connectivity index (χ0n) is 10.5. The molecule has 2 rings (SSSR count). The number of benzene rings is 2. The molecule has 0 aliphatic rings. The molecule has 1 amide bonds. The van der Waals surface area contributed by atoms with Crippen LogP contribution < -0.4 is 10.1 Å². The highest BCUT2D eigenvalue weighted by atomic mass is 79.9. The molecule has 2 aromatic rings. The molecule has 2 aromatic carbocycles. The van der Waals surface area contributed by atoms with Crippen molar-refractivity contribution in [2.45, 2.75) is 0 Å². The Labute approximate surface area is 139 Å². The van der Waals surface area contributed by atoms with Gasteiger partial charge in [0.2, 0.25) is 0 Å². The molecule has 7 heteroatoms. The summed E-state index contributed by atoms with van der Waals surface area (Å²) in [4.78, 5) is 11.8. The summed E-state index contributed by atoms with van der Waals surface area (Å²) < 4.78 is 18.7. The number of carbonyl (C=O) groups is 1. The van der Waals surface area contributed by atoms with Crippen LogP contribution in [-0.4, -0.2) is 12.5 Å². The van der Waals surface area contributed by atoms with Crippen molar-refractivity contribution in [3.05, 3.63) is 56.7 Å². The van der Waals surface area contributed by atoms with Crippen molar-refractivity contribution >= 4 is 50.7 Å². The van der Waals surface area contributed by atoms with E-state index in [4.69, 9.17) is 27.9 Å². The van der Waals surface area contributed by atoms with Gasteiger partial charge in [0, 0.05) is 9.50 Å². The number of ether oxygens (including phenoxy) is 1. The molecule has 21 heavy (non-hydrogen) atoms. The van der Waals surface area contributed by atoms with E-state index in [-0.39, 0.29) is 17.3 Å². The quantitative estimate of drug-likeness (QED) is 0.802. The summed E-state index contributed by atoms with van der Waals surface area (Å²) in [5.41, 5.74) is 0.290. The standard InChI is InChI=1S/C14H9BrCl2FNO2/c15-11-5-9(18)6-12(17)14(11)19-13(20)7-21-10-3-1-2-8(16)4-10/h1-6H,7H2,(H,19,20). The minimum Gasteiger partial charge on any atom is -0.484 e. The van der Waals surface area contributed by atoms with E-state index in [1.807, 2.05) is 0 Å². The Morgan fingerprint density at radius 2 is 2.05 bits per heavy atom. The van der Waals surface area contributed by atoms with E-state index in [0.717, 1.165) is 6.07 Å². The van der Waals surface area contributed by atoms with Crippen molar-refractivity contribution in [3.63, 3.8) is 0 Å². The lowest BCUT2D eigenvalue weighted by molar-refractivity contribution is -0.118. The van der Waals surface area contributed by atoms with E-state index in [2.05, 4.69) is 21.2 Å². The predicted octanol–water partition coefficient (Wildman–Crippen LogP) is 4.91. The summed E-state index contributed by atoms with van der Waals surface area (Å²) in [5.74, 6) is -0.453. The van der Waals surface area contributed by atoms with Crippen molar-refractivity contribution in [1.82, 2.24) is 0 Å². The number of rotatable bonds is 4. The number of halogens is 4. The summed E-state index contributed by atoms with van der Waals surface area (Å²) in [6.07, 6.45) is 0. The molecule has 0 saturated carbocycles. The van der Waals surface area contributed by atoms with Gasteiger partial charge in [0.1, 0.15) is 11.6 Å². The summed E-state index contributed by atoms with van der Waals surface area (Å²) in [5, 5.41) is 3.15. The molecule has 0 spiro atoms. The Kier molecular flexibility index (Phi) is 5.45. The zero-order valence-corrected chi connectivity index (χ0v) is 13.6. The van der Waals surface area contributed by atoms with Gasteiger partial charge in [-0.05, 0) is 46.3 Å². The number of amides is 1. The molecular formula is C14H9BrCl2FNO2. The van der Waals surface area contributed by atoms with Crippen LogP contribution in [0.15, 0.2) is 40.9 Å². The van der Waals surface area contributed by atoms with Crippen LogP contribution in [-0.2, 0) is 4.79 Å². The second-order valence-electron chi connectivity index (χ2n) is 4.04. The van der Waals surface area contributed by atoms with Crippen molar-refractivity contribution in [2.24, 2.45) is 0 Å². The lowest BCUT2D eigenvalue weighted by atomic mass is 10.3. The van der Waals surface area contributed by atoms with Gasteiger partial charge in [-0.1, -0.05) is 29.3 Å². The van der Waals surface area contributed by atoms with Crippen LogP contribution in [0.3, 0.4) is 0 Å². The summed E-state index contributed by atoms with van der Waals surface area (Å²) in [6.45, 7) is -0.222. The second-order valence-corrected chi connectivity index (χ2v) is 5.74. The highest BCUT2D eigenvalue weighted by Crippen LogP contribution is 2.31. The monoisotopic (exact) mass is 391 g/mol. The average Bonchev–Trinajstić information content (AvgIpc) is 2.40. The van der Waals surface area contributed by atoms with Gasteiger partial charge in [0.25, 0.3) is 5.91 Å². The van der Waals surface area contributed by atoms with Crippen LogP contribution in [0.5, 0.6) is 5.75 Å². The molecule has 0 radical (unpaired) electrons. The van der Waals surface area contributed by atoms with E-state index in [0.29, 0.717) is 15.2 Å². The van der Waals surface area contributed by atoms with Crippen LogP contribution in [0, 0.1) is 5.82 Å². The van der Waals surface area contributed by atoms with E-state index in [1.165, 1.54) is 6.07 Å². The third-order valence-electron chi connectivity index (χ3n) is 2.44. The molecular weight excluding hydrogens is 384 g/mol. The van der Waals surface area contributed by atoms with E-state index in [1.54, 1.807) is 24.3 Å². The van der Waals surface area contributed by atoms with Crippen molar-refractivity contribution in [1.29, 1.82) is 0 Å². The Hall–Kier alpha value is -1.30. The number of hydrogen-bond acceptors (Lipinski definition) is 2. The SMILES string of the molecule is O=C(COc1cccc(Cl)c1)Nc1c(Cl)cc(F)cc1Br. The molecule has 0 bridgehead atoms. The lowest BCUT2D eigenvalue weighted by Crippen LogP contribution is -2.20. The normalized spacial score (nSPS) is 10.3. The van der Waals surface area contributed by atoms with Gasteiger partial charge in [0.15, 0.2) is 6.61 Å². The molecule has 0 heterocycles. The first-order valence-corrected chi connectivity index (χ1v) is 7.33. The van der Waals surface area contributed by atoms with Gasteiger partial charge in [-0.25, -0.2) is 4.39 Å². The summed E-state index contributed by atoms with van der Waals surface area (Å²) in [7, 11) is 0. The predicted molar refractivity (Wildman–Crippen MR) is 84.7 cm³/mol. The van der Waals surface area contributed by atoms with Gasteiger partial charge in [-0.3, -0.25) is 4.79 Å². The Morgan fingerprint density at radius 3 is 2.71 bits per heavy atom. The first-order chi connectivity index (χ1) is 9.95. The number of anilines is 1. The molecule has 0 fully saturated rings. The highest BCUT2D eigenvalue weighted by molar-refractivity contribution is 9.10. The fraction of sp³-hybridized carbons (Fsp3) is 0.0714.